The Bertz CT molecular complexity index is 705. The number of hydrogen-bond donors (Lipinski definition) is 2. The van der Waals surface area contributed by atoms with E-state index in [-0.39, 0.29) is 16.7 Å². The summed E-state index contributed by atoms with van der Waals surface area (Å²) in [5, 5.41) is 3.11. The topological polar surface area (TPSA) is 74.8 Å². The van der Waals surface area contributed by atoms with Crippen molar-refractivity contribution < 1.29 is 4.79 Å². The van der Waals surface area contributed by atoms with E-state index in [1.807, 2.05) is 20.8 Å². The third-order valence-electron chi connectivity index (χ3n) is 3.17. The van der Waals surface area contributed by atoms with Gasteiger partial charge in [0.15, 0.2) is 0 Å². The van der Waals surface area contributed by atoms with Crippen molar-refractivity contribution in [3.63, 3.8) is 0 Å². The number of fused-ring (bicyclic) bond motifs is 1. The Kier molecular flexibility index (Phi) is 4.49. The van der Waals surface area contributed by atoms with Crippen LogP contribution in [-0.2, 0) is 10.5 Å². The maximum absolute atomic E-state index is 12.1. The van der Waals surface area contributed by atoms with E-state index in [4.69, 9.17) is 0 Å². The Labute approximate surface area is 125 Å². The lowest BCUT2D eigenvalue weighted by molar-refractivity contribution is -0.119. The van der Waals surface area contributed by atoms with Crippen molar-refractivity contribution in [2.24, 2.45) is 0 Å². The van der Waals surface area contributed by atoms with E-state index in [2.05, 4.69) is 15.3 Å². The van der Waals surface area contributed by atoms with E-state index in [9.17, 15) is 9.59 Å². The fourth-order valence-corrected chi connectivity index (χ4v) is 3.71. The first kappa shape index (κ1) is 15.1. The number of hydrogen-bond acceptors (Lipinski definition) is 5. The summed E-state index contributed by atoms with van der Waals surface area (Å²) in [5.74, 6) is 1.10. The van der Waals surface area contributed by atoms with Crippen LogP contribution in [0.1, 0.15) is 23.2 Å². The second kappa shape index (κ2) is 5.97. The number of aromatic nitrogens is 2. The lowest BCUT2D eigenvalue weighted by Crippen LogP contribution is -2.27. The van der Waals surface area contributed by atoms with Crippen LogP contribution in [0, 0.1) is 13.8 Å². The Hall–Kier alpha value is -1.34. The van der Waals surface area contributed by atoms with Gasteiger partial charge in [-0.15, -0.1) is 23.1 Å². The summed E-state index contributed by atoms with van der Waals surface area (Å²) in [4.78, 5) is 32.7. The van der Waals surface area contributed by atoms with E-state index in [1.165, 1.54) is 23.1 Å². The third-order valence-corrected chi connectivity index (χ3v) is 5.43. The summed E-state index contributed by atoms with van der Waals surface area (Å²) in [5.41, 5.74) is 0.900. The number of carbonyl (C=O) groups is 1. The second-order valence-corrected chi connectivity index (χ2v) is 7.08. The predicted molar refractivity (Wildman–Crippen MR) is 84.5 cm³/mol. The summed E-state index contributed by atoms with van der Waals surface area (Å²) in [6, 6.07) is 0. The monoisotopic (exact) mass is 311 g/mol. The van der Waals surface area contributed by atoms with Gasteiger partial charge in [0.1, 0.15) is 10.7 Å². The molecule has 0 bridgehead atoms. The minimum Gasteiger partial charge on any atom is -0.358 e. The van der Waals surface area contributed by atoms with Crippen LogP contribution in [0.15, 0.2) is 4.79 Å². The van der Waals surface area contributed by atoms with Crippen LogP contribution in [0.4, 0.5) is 0 Å². The van der Waals surface area contributed by atoms with Crippen LogP contribution < -0.4 is 10.9 Å². The predicted octanol–water partition coefficient (Wildman–Crippen LogP) is 1.97. The van der Waals surface area contributed by atoms with E-state index in [0.717, 1.165) is 15.3 Å². The molecule has 0 saturated carbocycles. The van der Waals surface area contributed by atoms with E-state index < -0.39 is 0 Å². The average molecular weight is 311 g/mol. The average Bonchev–Trinajstić information content (AvgIpc) is 2.70. The van der Waals surface area contributed by atoms with Crippen LogP contribution >= 0.6 is 23.1 Å². The molecule has 108 valence electrons. The second-order valence-electron chi connectivity index (χ2n) is 4.54. The maximum atomic E-state index is 12.1. The van der Waals surface area contributed by atoms with Crippen molar-refractivity contribution >= 4 is 39.2 Å². The Morgan fingerprint density at radius 2 is 2.20 bits per heavy atom. The molecule has 1 amide bonds. The lowest BCUT2D eigenvalue weighted by atomic mass is 10.2. The number of amides is 1. The van der Waals surface area contributed by atoms with Gasteiger partial charge in [0.25, 0.3) is 5.56 Å². The molecule has 1 atom stereocenters. The molecule has 1 unspecified atom stereocenters. The first-order chi connectivity index (χ1) is 9.43. The molecule has 2 rings (SSSR count). The minimum atomic E-state index is -0.173. The molecular weight excluding hydrogens is 294 g/mol. The molecule has 0 aliphatic rings. The summed E-state index contributed by atoms with van der Waals surface area (Å²) >= 11 is 2.98. The standard InChI is InChI=1S/C13H17N3O2S2/c1-6-7(2)20-13-10(6)12(18)15-9(16-13)5-19-8(3)11(17)14-4/h8H,5H2,1-4H3,(H,14,17)(H,15,16,18). The van der Waals surface area contributed by atoms with Crippen molar-refractivity contribution in [1.82, 2.24) is 15.3 Å². The molecular formula is C13H17N3O2S2. The van der Waals surface area contributed by atoms with Crippen LogP contribution in [0.5, 0.6) is 0 Å². The highest BCUT2D eigenvalue weighted by molar-refractivity contribution is 7.99. The zero-order valence-electron chi connectivity index (χ0n) is 11.9. The summed E-state index contributed by atoms with van der Waals surface area (Å²) < 4.78 is 0. The molecule has 2 aromatic rings. The number of thiophene rings is 1. The summed E-state index contributed by atoms with van der Waals surface area (Å²) in [7, 11) is 1.61. The van der Waals surface area contributed by atoms with Gasteiger partial charge in [-0.3, -0.25) is 9.59 Å². The number of nitrogens with zero attached hydrogens (tertiary/aromatic N) is 1. The van der Waals surface area contributed by atoms with Crippen LogP contribution in [0.3, 0.4) is 0 Å². The van der Waals surface area contributed by atoms with Crippen LogP contribution in [0.25, 0.3) is 10.2 Å². The van der Waals surface area contributed by atoms with Gasteiger partial charge < -0.3 is 10.3 Å². The van der Waals surface area contributed by atoms with Crippen molar-refractivity contribution in [1.29, 1.82) is 0 Å². The highest BCUT2D eigenvalue weighted by atomic mass is 32.2. The lowest BCUT2D eigenvalue weighted by Gasteiger charge is -2.08. The van der Waals surface area contributed by atoms with Gasteiger partial charge >= 0.3 is 0 Å². The van der Waals surface area contributed by atoms with Crippen LogP contribution in [0.2, 0.25) is 0 Å². The minimum absolute atomic E-state index is 0.0266. The van der Waals surface area contributed by atoms with Gasteiger partial charge in [-0.1, -0.05) is 0 Å². The largest absolute Gasteiger partial charge is 0.358 e. The number of aryl methyl sites for hydroxylation is 2. The van der Waals surface area contributed by atoms with E-state index in [0.29, 0.717) is 17.0 Å². The zero-order chi connectivity index (χ0) is 14.9. The molecule has 0 aliphatic carbocycles. The summed E-state index contributed by atoms with van der Waals surface area (Å²) in [6.45, 7) is 5.76. The smallest absolute Gasteiger partial charge is 0.259 e. The van der Waals surface area contributed by atoms with Crippen LogP contribution in [-0.4, -0.2) is 28.2 Å². The number of H-pyrrole nitrogens is 1. The van der Waals surface area contributed by atoms with Crippen molar-refractivity contribution in [3.05, 3.63) is 26.6 Å². The van der Waals surface area contributed by atoms with E-state index in [1.54, 1.807) is 7.05 Å². The summed E-state index contributed by atoms with van der Waals surface area (Å²) in [6.07, 6.45) is 0. The quantitative estimate of drug-likeness (QED) is 0.905. The molecule has 0 fully saturated rings. The fourth-order valence-electron chi connectivity index (χ4n) is 1.85. The third kappa shape index (κ3) is 2.88. The molecule has 0 spiro atoms. The van der Waals surface area contributed by atoms with Crippen molar-refractivity contribution in [2.45, 2.75) is 31.8 Å². The molecule has 0 aromatic carbocycles. The van der Waals surface area contributed by atoms with Gasteiger partial charge in [-0.05, 0) is 26.3 Å². The fraction of sp³-hybridized carbons (Fsp3) is 0.462. The molecule has 2 aromatic heterocycles. The van der Waals surface area contributed by atoms with Crippen molar-refractivity contribution in [3.8, 4) is 0 Å². The molecule has 2 N–H and O–H groups in total. The number of rotatable bonds is 4. The van der Waals surface area contributed by atoms with Gasteiger partial charge in [0.2, 0.25) is 5.91 Å². The molecule has 0 saturated heterocycles. The number of aromatic amines is 1. The SMILES string of the molecule is CNC(=O)C(C)SCc1nc2sc(C)c(C)c2c(=O)[nH]1. The number of carbonyl (C=O) groups excluding carboxylic acids is 1. The highest BCUT2D eigenvalue weighted by Gasteiger charge is 2.14. The van der Waals surface area contributed by atoms with E-state index >= 15 is 0 Å². The highest BCUT2D eigenvalue weighted by Crippen LogP contribution is 2.26. The van der Waals surface area contributed by atoms with Gasteiger partial charge in [0.05, 0.1) is 16.4 Å². The molecule has 5 nitrogen and oxygen atoms in total. The number of thioether (sulfide) groups is 1. The molecule has 20 heavy (non-hydrogen) atoms. The molecule has 7 heteroatoms. The number of nitrogens with one attached hydrogen (secondary N) is 2. The molecule has 0 aliphatic heterocycles. The maximum Gasteiger partial charge on any atom is 0.259 e. The Morgan fingerprint density at radius 1 is 1.50 bits per heavy atom. The molecule has 0 radical (unpaired) electrons. The normalized spacial score (nSPS) is 12.6. The Morgan fingerprint density at radius 3 is 2.85 bits per heavy atom. The van der Waals surface area contributed by atoms with Gasteiger partial charge in [-0.25, -0.2) is 4.98 Å². The van der Waals surface area contributed by atoms with Gasteiger partial charge in [-0.2, -0.15) is 0 Å². The first-order valence-electron chi connectivity index (χ1n) is 6.26. The zero-order valence-corrected chi connectivity index (χ0v) is 13.5. The first-order valence-corrected chi connectivity index (χ1v) is 8.12. The van der Waals surface area contributed by atoms with Gasteiger partial charge in [0, 0.05) is 11.9 Å². The molecule has 2 heterocycles. The Balaban J connectivity index is 2.24. The van der Waals surface area contributed by atoms with Crippen molar-refractivity contribution in [2.75, 3.05) is 7.05 Å².